The predicted octanol–water partition coefficient (Wildman–Crippen LogP) is 7.73. The molecule has 2 aliphatic rings. The van der Waals surface area contributed by atoms with Gasteiger partial charge in [0.2, 0.25) is 0 Å². The summed E-state index contributed by atoms with van der Waals surface area (Å²) in [5, 5.41) is 8.60. The molecule has 0 N–H and O–H groups in total. The van der Waals surface area contributed by atoms with Crippen LogP contribution < -0.4 is 4.90 Å². The lowest BCUT2D eigenvalue weighted by Gasteiger charge is -2.42. The van der Waals surface area contributed by atoms with Gasteiger partial charge in [-0.2, -0.15) is 5.26 Å². The average molecular weight is 600 g/mol. The minimum atomic E-state index is -1.91. The second-order valence-electron chi connectivity index (χ2n) is 10.6. The van der Waals surface area contributed by atoms with E-state index in [1.807, 2.05) is 51.1 Å². The molecular formula is C36H43F2N5O. The molecule has 1 aliphatic carbocycles. The van der Waals surface area contributed by atoms with Crippen LogP contribution in [0.5, 0.6) is 0 Å². The highest BCUT2D eigenvalue weighted by Crippen LogP contribution is 2.35. The van der Waals surface area contributed by atoms with Gasteiger partial charge in [0.05, 0.1) is 17.3 Å². The SMILES string of the molecule is C/C=C(/c1ccccc1F)c1c(CC)ncnc1N1CCN(C(=O)C(C)(C)F)[C@H](C)C1.C=C.C=CC1=CC(C#N)=CC=CC1. The largest absolute Gasteiger partial charge is 0.352 e. The fourth-order valence-corrected chi connectivity index (χ4v) is 5.00. The van der Waals surface area contributed by atoms with Gasteiger partial charge in [-0.1, -0.05) is 56.0 Å². The van der Waals surface area contributed by atoms with Gasteiger partial charge in [0, 0.05) is 36.8 Å². The summed E-state index contributed by atoms with van der Waals surface area (Å²) in [4.78, 5) is 25.2. The van der Waals surface area contributed by atoms with Crippen molar-refractivity contribution in [2.45, 2.75) is 59.2 Å². The van der Waals surface area contributed by atoms with E-state index in [0.29, 0.717) is 43.0 Å². The van der Waals surface area contributed by atoms with Crippen LogP contribution in [-0.2, 0) is 11.2 Å². The second kappa shape index (κ2) is 16.9. The molecule has 0 saturated carbocycles. The van der Waals surface area contributed by atoms with E-state index in [1.165, 1.54) is 26.2 Å². The summed E-state index contributed by atoms with van der Waals surface area (Å²) < 4.78 is 28.9. The monoisotopic (exact) mass is 599 g/mol. The first kappa shape index (κ1) is 35.6. The number of carbonyl (C=O) groups excluding carboxylic acids is 1. The molecule has 1 aromatic carbocycles. The molecule has 1 fully saturated rings. The van der Waals surface area contributed by atoms with E-state index < -0.39 is 11.6 Å². The zero-order chi connectivity index (χ0) is 32.9. The molecular weight excluding hydrogens is 556 g/mol. The highest BCUT2D eigenvalue weighted by atomic mass is 19.1. The Morgan fingerprint density at radius 1 is 1.23 bits per heavy atom. The molecule has 2 aromatic rings. The normalized spacial score (nSPS) is 16.6. The van der Waals surface area contributed by atoms with Gasteiger partial charge in [-0.25, -0.2) is 18.7 Å². The highest BCUT2D eigenvalue weighted by Gasteiger charge is 2.37. The van der Waals surface area contributed by atoms with Crippen LogP contribution in [-0.4, -0.2) is 52.1 Å². The molecule has 0 spiro atoms. The Balaban J connectivity index is 0.000000434. The zero-order valence-electron chi connectivity index (χ0n) is 26.5. The number of allylic oxidation sites excluding steroid dienone is 8. The van der Waals surface area contributed by atoms with Crippen LogP contribution in [0.15, 0.2) is 97.9 Å². The second-order valence-corrected chi connectivity index (χ2v) is 10.6. The van der Waals surface area contributed by atoms with Gasteiger partial charge in [-0.15, -0.1) is 13.2 Å². The van der Waals surface area contributed by atoms with Crippen molar-refractivity contribution in [3.63, 3.8) is 0 Å². The molecule has 0 radical (unpaired) electrons. The molecule has 2 heterocycles. The van der Waals surface area contributed by atoms with E-state index in [2.05, 4.69) is 40.7 Å². The van der Waals surface area contributed by atoms with Crippen molar-refractivity contribution in [2.75, 3.05) is 24.5 Å². The minimum absolute atomic E-state index is 0.188. The summed E-state index contributed by atoms with van der Waals surface area (Å²) in [5.41, 5.74) is 2.74. The maximum absolute atomic E-state index is 14.7. The lowest BCUT2D eigenvalue weighted by Crippen LogP contribution is -2.57. The summed E-state index contributed by atoms with van der Waals surface area (Å²) in [5.74, 6) is -0.0969. The maximum atomic E-state index is 14.7. The Kier molecular flexibility index (Phi) is 13.6. The number of halogens is 2. The molecule has 4 rings (SSSR count). The average Bonchev–Trinajstić information content (AvgIpc) is 3.28. The lowest BCUT2D eigenvalue weighted by atomic mass is 9.94. The van der Waals surface area contributed by atoms with Crippen LogP contribution in [0.1, 0.15) is 57.9 Å². The number of hydrogen-bond acceptors (Lipinski definition) is 5. The van der Waals surface area contributed by atoms with E-state index in [-0.39, 0.29) is 11.9 Å². The highest BCUT2D eigenvalue weighted by molar-refractivity contribution is 5.87. The number of amides is 1. The fraction of sp³-hybridized carbons (Fsp3) is 0.333. The first-order chi connectivity index (χ1) is 21.0. The maximum Gasteiger partial charge on any atom is 0.260 e. The van der Waals surface area contributed by atoms with Gasteiger partial charge in [-0.3, -0.25) is 4.79 Å². The molecule has 1 aromatic heterocycles. The van der Waals surface area contributed by atoms with Crippen LogP contribution >= 0.6 is 0 Å². The summed E-state index contributed by atoms with van der Waals surface area (Å²) >= 11 is 0. The van der Waals surface area contributed by atoms with Gasteiger partial charge in [0.15, 0.2) is 5.67 Å². The quantitative estimate of drug-likeness (QED) is 0.318. The van der Waals surface area contributed by atoms with Crippen LogP contribution in [0.3, 0.4) is 0 Å². The Hall–Kier alpha value is -4.64. The van der Waals surface area contributed by atoms with Gasteiger partial charge in [0.1, 0.15) is 18.0 Å². The fourth-order valence-electron chi connectivity index (χ4n) is 5.00. The Bertz CT molecular complexity index is 1480. The predicted molar refractivity (Wildman–Crippen MR) is 176 cm³/mol. The minimum Gasteiger partial charge on any atom is -0.352 e. The Morgan fingerprint density at radius 3 is 2.50 bits per heavy atom. The molecule has 0 unspecified atom stereocenters. The summed E-state index contributed by atoms with van der Waals surface area (Å²) in [6.07, 6.45) is 14.3. The zero-order valence-corrected chi connectivity index (χ0v) is 26.5. The molecule has 44 heavy (non-hydrogen) atoms. The number of anilines is 1. The number of nitriles is 1. The third kappa shape index (κ3) is 8.93. The Morgan fingerprint density at radius 2 is 1.93 bits per heavy atom. The van der Waals surface area contributed by atoms with Crippen molar-refractivity contribution in [3.05, 3.63) is 121 Å². The lowest BCUT2D eigenvalue weighted by molar-refractivity contribution is -0.144. The topological polar surface area (TPSA) is 73.1 Å². The van der Waals surface area contributed by atoms with Crippen molar-refractivity contribution in [1.82, 2.24) is 14.9 Å². The van der Waals surface area contributed by atoms with Crippen LogP contribution in [0.4, 0.5) is 14.6 Å². The molecule has 6 nitrogen and oxygen atoms in total. The molecule has 1 saturated heterocycles. The van der Waals surface area contributed by atoms with Gasteiger partial charge >= 0.3 is 0 Å². The number of carbonyl (C=O) groups is 1. The van der Waals surface area contributed by atoms with Crippen molar-refractivity contribution in [2.24, 2.45) is 0 Å². The van der Waals surface area contributed by atoms with Gasteiger partial charge in [0.25, 0.3) is 5.91 Å². The van der Waals surface area contributed by atoms with Crippen molar-refractivity contribution >= 4 is 17.3 Å². The Labute approximate surface area is 261 Å². The van der Waals surface area contributed by atoms with Crippen LogP contribution in [0.25, 0.3) is 5.57 Å². The van der Waals surface area contributed by atoms with E-state index in [0.717, 1.165) is 28.8 Å². The number of benzene rings is 1. The number of hydrogen-bond donors (Lipinski definition) is 0. The van der Waals surface area contributed by atoms with Crippen molar-refractivity contribution in [1.29, 1.82) is 5.26 Å². The van der Waals surface area contributed by atoms with Gasteiger partial charge < -0.3 is 9.80 Å². The number of alkyl halides is 1. The van der Waals surface area contributed by atoms with Crippen LogP contribution in [0.2, 0.25) is 0 Å². The molecule has 1 amide bonds. The number of rotatable bonds is 6. The summed E-state index contributed by atoms with van der Waals surface area (Å²) in [6, 6.07) is 8.58. The van der Waals surface area contributed by atoms with E-state index >= 15 is 0 Å². The smallest absolute Gasteiger partial charge is 0.260 e. The van der Waals surface area contributed by atoms with E-state index in [1.54, 1.807) is 29.2 Å². The third-order valence-corrected chi connectivity index (χ3v) is 7.16. The molecule has 232 valence electrons. The molecule has 1 aliphatic heterocycles. The van der Waals surface area contributed by atoms with Crippen LogP contribution in [0, 0.1) is 17.1 Å². The van der Waals surface area contributed by atoms with E-state index in [4.69, 9.17) is 5.26 Å². The number of piperazine rings is 1. The number of aryl methyl sites for hydroxylation is 1. The van der Waals surface area contributed by atoms with Gasteiger partial charge in [-0.05, 0) is 69.9 Å². The standard InChI is InChI=1S/C24H30F2N4O.C10H9N.C2H4/c1-6-17(18-10-8-9-11-19(18)25)21-20(7-2)27-15-28-22(21)29-12-13-30(16(3)14-29)23(31)24(4,5)26;1-2-9-5-3-4-6-10(7-9)8-11;1-2/h6,8-11,15-16H,7,12-14H2,1-5H3;2-4,6-7H,1,5H2;1-2H2/b17-6-;;/t16-;;/m1../s1. The molecule has 1 atom stereocenters. The first-order valence-electron chi connectivity index (χ1n) is 14.7. The number of nitrogens with zero attached hydrogens (tertiary/aromatic N) is 5. The van der Waals surface area contributed by atoms with E-state index in [9.17, 15) is 13.6 Å². The first-order valence-corrected chi connectivity index (χ1v) is 14.7. The molecule has 0 bridgehead atoms. The third-order valence-electron chi connectivity index (χ3n) is 7.16. The summed E-state index contributed by atoms with van der Waals surface area (Å²) in [7, 11) is 0. The molecule has 8 heteroatoms. The summed E-state index contributed by atoms with van der Waals surface area (Å²) in [6.45, 7) is 19.4. The van der Waals surface area contributed by atoms with Crippen molar-refractivity contribution in [3.8, 4) is 6.07 Å². The number of aromatic nitrogens is 2. The van der Waals surface area contributed by atoms with Crippen molar-refractivity contribution < 1.29 is 13.6 Å².